The lowest BCUT2D eigenvalue weighted by atomic mass is 10.1. The lowest BCUT2D eigenvalue weighted by Crippen LogP contribution is -2.36. The molecule has 0 aliphatic carbocycles. The minimum absolute atomic E-state index is 0.0846. The molecule has 200 valence electrons. The molecule has 3 heterocycles. The van der Waals surface area contributed by atoms with Gasteiger partial charge in [-0.25, -0.2) is 14.5 Å². The molecule has 0 amide bonds. The summed E-state index contributed by atoms with van der Waals surface area (Å²) in [4.78, 5) is 34.6. The van der Waals surface area contributed by atoms with Gasteiger partial charge in [0, 0.05) is 49.2 Å². The monoisotopic (exact) mass is 531 g/mol. The summed E-state index contributed by atoms with van der Waals surface area (Å²) in [6.07, 6.45) is 3.19. The quantitative estimate of drug-likeness (QED) is 0.202. The molecule has 0 unspecified atom stereocenters. The van der Waals surface area contributed by atoms with Crippen molar-refractivity contribution in [2.45, 2.75) is 0 Å². The Balaban J connectivity index is 1.50. The van der Waals surface area contributed by atoms with Gasteiger partial charge in [0.2, 0.25) is 5.95 Å². The first kappa shape index (κ1) is 25.6. The van der Waals surface area contributed by atoms with Crippen molar-refractivity contribution in [1.82, 2.24) is 19.7 Å². The molecule has 1 N–H and O–H groups in total. The molecule has 13 nitrogen and oxygen atoms in total. The van der Waals surface area contributed by atoms with Crippen molar-refractivity contribution in [2.24, 2.45) is 0 Å². The Kier molecular flexibility index (Phi) is 7.32. The number of ether oxygens (including phenoxy) is 3. The van der Waals surface area contributed by atoms with Gasteiger partial charge in [0.05, 0.1) is 38.0 Å². The van der Waals surface area contributed by atoms with Gasteiger partial charge in [-0.3, -0.25) is 10.1 Å². The van der Waals surface area contributed by atoms with Gasteiger partial charge in [-0.2, -0.15) is 10.1 Å². The number of methoxy groups -OCH3 is 2. The molecular formula is C26H25N7O6. The van der Waals surface area contributed by atoms with Crippen molar-refractivity contribution in [3.05, 3.63) is 76.7 Å². The Labute approximate surface area is 223 Å². The number of morpholine rings is 1. The van der Waals surface area contributed by atoms with Gasteiger partial charge in [-0.1, -0.05) is 30.3 Å². The maximum Gasteiger partial charge on any atom is 0.359 e. The van der Waals surface area contributed by atoms with Crippen LogP contribution in [0, 0.1) is 10.1 Å². The molecule has 1 aliphatic rings. The maximum absolute atomic E-state index is 12.4. The molecule has 0 saturated carbocycles. The molecule has 0 bridgehead atoms. The molecule has 2 aromatic carbocycles. The second-order valence-corrected chi connectivity index (χ2v) is 8.45. The van der Waals surface area contributed by atoms with Crippen LogP contribution in [0.5, 0.6) is 5.75 Å². The van der Waals surface area contributed by atoms with Crippen LogP contribution in [0.25, 0.3) is 16.9 Å². The van der Waals surface area contributed by atoms with Crippen LogP contribution in [0.2, 0.25) is 0 Å². The largest absolute Gasteiger partial charge is 0.494 e. The Hall–Kier alpha value is -5.04. The Morgan fingerprint density at radius 2 is 1.90 bits per heavy atom. The van der Waals surface area contributed by atoms with Crippen LogP contribution in [0.4, 0.5) is 23.0 Å². The molecule has 0 atom stereocenters. The molecule has 39 heavy (non-hydrogen) atoms. The number of carbonyl (C=O) groups is 1. The average Bonchev–Trinajstić information content (AvgIpc) is 3.43. The topological polar surface area (TPSA) is 147 Å². The van der Waals surface area contributed by atoms with Gasteiger partial charge in [0.15, 0.2) is 11.5 Å². The number of hydrogen-bond acceptors (Lipinski definition) is 11. The zero-order chi connectivity index (χ0) is 27.4. The fourth-order valence-corrected chi connectivity index (χ4v) is 4.25. The Morgan fingerprint density at radius 1 is 1.13 bits per heavy atom. The molecule has 0 radical (unpaired) electrons. The Bertz CT molecular complexity index is 1500. The number of rotatable bonds is 8. The molecule has 0 spiro atoms. The van der Waals surface area contributed by atoms with Gasteiger partial charge < -0.3 is 24.4 Å². The van der Waals surface area contributed by atoms with Crippen molar-refractivity contribution in [2.75, 3.05) is 50.7 Å². The van der Waals surface area contributed by atoms with E-state index < -0.39 is 10.9 Å². The fraction of sp³-hybridized carbons (Fsp3) is 0.231. The number of nitro benzene ring substituents is 1. The number of nitro groups is 1. The van der Waals surface area contributed by atoms with Crippen LogP contribution in [0.15, 0.2) is 60.9 Å². The highest BCUT2D eigenvalue weighted by atomic mass is 16.6. The van der Waals surface area contributed by atoms with E-state index in [9.17, 15) is 14.9 Å². The molecular weight excluding hydrogens is 506 g/mol. The van der Waals surface area contributed by atoms with E-state index in [1.54, 1.807) is 18.3 Å². The van der Waals surface area contributed by atoms with Crippen LogP contribution in [0.3, 0.4) is 0 Å². The van der Waals surface area contributed by atoms with Crippen molar-refractivity contribution in [3.8, 4) is 22.7 Å². The zero-order valence-electron chi connectivity index (χ0n) is 21.2. The second kappa shape index (κ2) is 11.1. The third-order valence-corrected chi connectivity index (χ3v) is 6.14. The predicted molar refractivity (Wildman–Crippen MR) is 142 cm³/mol. The third-order valence-electron chi connectivity index (χ3n) is 6.14. The van der Waals surface area contributed by atoms with Gasteiger partial charge in [0.1, 0.15) is 11.4 Å². The van der Waals surface area contributed by atoms with E-state index in [1.165, 1.54) is 31.2 Å². The highest BCUT2D eigenvalue weighted by molar-refractivity contribution is 5.95. The van der Waals surface area contributed by atoms with E-state index in [0.717, 1.165) is 5.56 Å². The first-order chi connectivity index (χ1) is 19.0. The van der Waals surface area contributed by atoms with E-state index in [0.29, 0.717) is 54.8 Å². The molecule has 5 rings (SSSR count). The summed E-state index contributed by atoms with van der Waals surface area (Å²) in [7, 11) is 2.77. The van der Waals surface area contributed by atoms with E-state index >= 15 is 0 Å². The average molecular weight is 532 g/mol. The standard InChI is InChI=1S/C26H25N7O6/c1-37-22-15-20(31-10-12-39-13-11-31)21(33(35)36)14-19(22)28-26-27-9-8-23(29-26)32-16-18(17-6-4-3-5-7-17)24(30-32)25(34)38-2/h3-9,14-16H,10-13H2,1-2H3,(H,27,28,29). The number of benzene rings is 2. The number of hydrogen-bond donors (Lipinski definition) is 1. The highest BCUT2D eigenvalue weighted by Crippen LogP contribution is 2.39. The van der Waals surface area contributed by atoms with Crippen LogP contribution in [-0.4, -0.2) is 71.2 Å². The van der Waals surface area contributed by atoms with E-state index in [-0.39, 0.29) is 17.3 Å². The summed E-state index contributed by atoms with van der Waals surface area (Å²) in [5.41, 5.74) is 2.17. The maximum atomic E-state index is 12.4. The number of nitrogens with one attached hydrogen (secondary N) is 1. The first-order valence-corrected chi connectivity index (χ1v) is 12.0. The lowest BCUT2D eigenvalue weighted by molar-refractivity contribution is -0.384. The van der Waals surface area contributed by atoms with Crippen LogP contribution < -0.4 is 15.0 Å². The molecule has 1 aliphatic heterocycles. The van der Waals surface area contributed by atoms with E-state index in [2.05, 4.69) is 20.4 Å². The lowest BCUT2D eigenvalue weighted by Gasteiger charge is -2.29. The Morgan fingerprint density at radius 3 is 2.59 bits per heavy atom. The van der Waals surface area contributed by atoms with E-state index in [1.807, 2.05) is 35.2 Å². The summed E-state index contributed by atoms with van der Waals surface area (Å²) in [6.45, 7) is 2.03. The van der Waals surface area contributed by atoms with Crippen molar-refractivity contribution in [3.63, 3.8) is 0 Å². The first-order valence-electron chi connectivity index (χ1n) is 12.0. The number of aromatic nitrogens is 4. The van der Waals surface area contributed by atoms with Gasteiger partial charge in [-0.15, -0.1) is 0 Å². The second-order valence-electron chi connectivity index (χ2n) is 8.45. The number of nitrogens with zero attached hydrogens (tertiary/aromatic N) is 6. The molecule has 13 heteroatoms. The van der Waals surface area contributed by atoms with Gasteiger partial charge in [0.25, 0.3) is 5.69 Å². The summed E-state index contributed by atoms with van der Waals surface area (Å²) in [5, 5.41) is 19.4. The summed E-state index contributed by atoms with van der Waals surface area (Å²) < 4.78 is 17.3. The van der Waals surface area contributed by atoms with Crippen LogP contribution >= 0.6 is 0 Å². The SMILES string of the molecule is COC(=O)c1nn(-c2ccnc(Nc3cc([N+](=O)[O-])c(N4CCOCC4)cc3OC)n2)cc1-c1ccccc1. The third kappa shape index (κ3) is 5.33. The minimum Gasteiger partial charge on any atom is -0.494 e. The summed E-state index contributed by atoms with van der Waals surface area (Å²) >= 11 is 0. The van der Waals surface area contributed by atoms with Crippen LogP contribution in [0.1, 0.15) is 10.5 Å². The van der Waals surface area contributed by atoms with Crippen molar-refractivity contribution in [1.29, 1.82) is 0 Å². The molecule has 2 aromatic heterocycles. The smallest absolute Gasteiger partial charge is 0.359 e. The highest BCUT2D eigenvalue weighted by Gasteiger charge is 2.25. The number of anilines is 3. The molecule has 1 saturated heterocycles. The minimum atomic E-state index is -0.586. The van der Waals surface area contributed by atoms with Crippen molar-refractivity contribution >= 4 is 29.0 Å². The zero-order valence-corrected chi connectivity index (χ0v) is 21.2. The normalized spacial score (nSPS) is 13.1. The van der Waals surface area contributed by atoms with Gasteiger partial charge >= 0.3 is 5.97 Å². The number of carbonyl (C=O) groups excluding carboxylic acids is 1. The van der Waals surface area contributed by atoms with Crippen molar-refractivity contribution < 1.29 is 23.9 Å². The number of esters is 1. The summed E-state index contributed by atoms with van der Waals surface area (Å²) in [5.74, 6) is 0.306. The predicted octanol–water partition coefficient (Wildman–Crippen LogP) is 3.61. The summed E-state index contributed by atoms with van der Waals surface area (Å²) in [6, 6.07) is 14.0. The van der Waals surface area contributed by atoms with Gasteiger partial charge in [-0.05, 0) is 5.56 Å². The molecule has 4 aromatic rings. The fourth-order valence-electron chi connectivity index (χ4n) is 4.25. The molecule has 1 fully saturated rings. The van der Waals surface area contributed by atoms with E-state index in [4.69, 9.17) is 14.2 Å². The van der Waals surface area contributed by atoms with Crippen LogP contribution in [-0.2, 0) is 9.47 Å².